The number of nitrogens with two attached hydrogens (primary N) is 1. The van der Waals surface area contributed by atoms with Crippen molar-refractivity contribution < 1.29 is 9.90 Å². The Morgan fingerprint density at radius 2 is 1.75 bits per heavy atom. The molecule has 0 aliphatic carbocycles. The van der Waals surface area contributed by atoms with Crippen molar-refractivity contribution in [1.82, 2.24) is 0 Å². The van der Waals surface area contributed by atoms with Crippen molar-refractivity contribution in [2.24, 2.45) is 11.1 Å². The van der Waals surface area contributed by atoms with Gasteiger partial charge in [-0.1, -0.05) is 20.8 Å². The maximum Gasteiger partial charge on any atom is 0.305 e. The van der Waals surface area contributed by atoms with E-state index >= 15 is 0 Å². The molecule has 0 saturated carbocycles. The minimum atomic E-state index is -0.829. The average molecular weight is 173 g/mol. The lowest BCUT2D eigenvalue weighted by atomic mass is 9.80. The minimum Gasteiger partial charge on any atom is -0.481 e. The van der Waals surface area contributed by atoms with Gasteiger partial charge in [0.25, 0.3) is 0 Å². The third kappa shape index (κ3) is 6.16. The second-order valence-electron chi connectivity index (χ2n) is 4.96. The Kier molecular flexibility index (Phi) is 3.27. The fourth-order valence-electron chi connectivity index (χ4n) is 1.62. The van der Waals surface area contributed by atoms with Gasteiger partial charge in [0.1, 0.15) is 0 Å². The van der Waals surface area contributed by atoms with E-state index in [4.69, 9.17) is 10.8 Å². The molecule has 0 amide bonds. The van der Waals surface area contributed by atoms with Gasteiger partial charge >= 0.3 is 5.97 Å². The predicted octanol–water partition coefficient (Wildman–Crippen LogP) is 1.61. The van der Waals surface area contributed by atoms with Crippen LogP contribution < -0.4 is 5.73 Å². The van der Waals surface area contributed by atoms with E-state index in [-0.39, 0.29) is 11.8 Å². The minimum absolute atomic E-state index is 0.0320. The van der Waals surface area contributed by atoms with Gasteiger partial charge in [-0.3, -0.25) is 4.79 Å². The molecule has 1 atom stereocenters. The van der Waals surface area contributed by atoms with E-state index in [0.717, 1.165) is 0 Å². The van der Waals surface area contributed by atoms with E-state index in [1.54, 1.807) is 6.92 Å². The second kappa shape index (κ2) is 3.44. The second-order valence-corrected chi connectivity index (χ2v) is 4.96. The third-order valence-corrected chi connectivity index (χ3v) is 1.49. The van der Waals surface area contributed by atoms with Gasteiger partial charge in [-0.15, -0.1) is 0 Å². The molecule has 0 radical (unpaired) electrons. The molecule has 0 fully saturated rings. The number of hydrogen-bond acceptors (Lipinski definition) is 2. The van der Waals surface area contributed by atoms with E-state index in [2.05, 4.69) is 20.8 Å². The number of hydrogen-bond donors (Lipinski definition) is 2. The van der Waals surface area contributed by atoms with Crippen LogP contribution in [0, 0.1) is 5.41 Å². The fraction of sp³-hybridized carbons (Fsp3) is 0.889. The van der Waals surface area contributed by atoms with E-state index in [1.807, 2.05) is 0 Å². The van der Waals surface area contributed by atoms with E-state index in [0.29, 0.717) is 6.42 Å². The van der Waals surface area contributed by atoms with Crippen molar-refractivity contribution in [2.45, 2.75) is 46.1 Å². The summed E-state index contributed by atoms with van der Waals surface area (Å²) in [5.74, 6) is -0.829. The first-order valence-electron chi connectivity index (χ1n) is 4.13. The molecular formula is C9H19NO2. The van der Waals surface area contributed by atoms with Crippen LogP contribution in [0.3, 0.4) is 0 Å². The Bertz CT molecular complexity index is 168. The maximum absolute atomic E-state index is 10.4. The Balaban J connectivity index is 4.13. The largest absolute Gasteiger partial charge is 0.481 e. The summed E-state index contributed by atoms with van der Waals surface area (Å²) in [7, 11) is 0. The maximum atomic E-state index is 10.4. The Hall–Kier alpha value is -0.570. The van der Waals surface area contributed by atoms with E-state index < -0.39 is 11.5 Å². The molecule has 0 spiro atoms. The number of rotatable bonds is 3. The first-order valence-corrected chi connectivity index (χ1v) is 4.13. The molecule has 0 aliphatic rings. The van der Waals surface area contributed by atoms with Crippen molar-refractivity contribution in [2.75, 3.05) is 0 Å². The molecular weight excluding hydrogens is 154 g/mol. The molecule has 0 rings (SSSR count). The number of carbonyl (C=O) groups is 1. The predicted molar refractivity (Wildman–Crippen MR) is 48.9 cm³/mol. The van der Waals surface area contributed by atoms with Crippen LogP contribution in [0.1, 0.15) is 40.5 Å². The molecule has 1 unspecified atom stereocenters. The van der Waals surface area contributed by atoms with Gasteiger partial charge in [-0.2, -0.15) is 0 Å². The number of carboxylic acids is 1. The summed E-state index contributed by atoms with van der Waals surface area (Å²) in [6.07, 6.45) is 0.747. The van der Waals surface area contributed by atoms with Crippen LogP contribution in [-0.4, -0.2) is 16.6 Å². The van der Waals surface area contributed by atoms with Crippen LogP contribution in [0.2, 0.25) is 0 Å². The molecule has 3 heteroatoms. The summed E-state index contributed by atoms with van der Waals surface area (Å²) in [5, 5.41) is 8.57. The summed E-state index contributed by atoms with van der Waals surface area (Å²) in [4.78, 5) is 10.4. The van der Waals surface area contributed by atoms with Gasteiger partial charge in [0.2, 0.25) is 0 Å². The highest BCUT2D eigenvalue weighted by Crippen LogP contribution is 2.27. The molecule has 0 aliphatic heterocycles. The molecule has 0 aromatic carbocycles. The van der Waals surface area contributed by atoms with Crippen molar-refractivity contribution in [3.8, 4) is 0 Å². The first-order chi connectivity index (χ1) is 5.12. The van der Waals surface area contributed by atoms with Gasteiger partial charge in [-0.05, 0) is 18.8 Å². The lowest BCUT2D eigenvalue weighted by Gasteiger charge is -2.30. The van der Waals surface area contributed by atoms with Crippen molar-refractivity contribution >= 4 is 5.97 Å². The monoisotopic (exact) mass is 173 g/mol. The molecule has 0 bridgehead atoms. The summed E-state index contributed by atoms with van der Waals surface area (Å²) < 4.78 is 0. The SMILES string of the molecule is CC(C)(C)CC(C)(N)CC(=O)O. The van der Waals surface area contributed by atoms with Crippen LogP contribution >= 0.6 is 0 Å². The van der Waals surface area contributed by atoms with Crippen LogP contribution in [0.15, 0.2) is 0 Å². The standard InChI is InChI=1S/C9H19NO2/c1-8(2,3)6-9(4,10)5-7(11)12/h5-6,10H2,1-4H3,(H,11,12). The smallest absolute Gasteiger partial charge is 0.305 e. The zero-order chi connectivity index (χ0) is 9.99. The van der Waals surface area contributed by atoms with Gasteiger partial charge in [-0.25, -0.2) is 0 Å². The molecule has 72 valence electrons. The highest BCUT2D eigenvalue weighted by Gasteiger charge is 2.28. The third-order valence-electron chi connectivity index (χ3n) is 1.49. The van der Waals surface area contributed by atoms with Gasteiger partial charge in [0, 0.05) is 5.54 Å². The molecule has 0 aromatic heterocycles. The molecule has 3 N–H and O–H groups in total. The van der Waals surface area contributed by atoms with E-state index in [9.17, 15) is 4.79 Å². The fourth-order valence-corrected chi connectivity index (χ4v) is 1.62. The van der Waals surface area contributed by atoms with Crippen molar-refractivity contribution in [3.63, 3.8) is 0 Å². The molecule has 0 aromatic rings. The van der Waals surface area contributed by atoms with Crippen LogP contribution in [-0.2, 0) is 4.79 Å². The zero-order valence-electron chi connectivity index (χ0n) is 8.35. The van der Waals surface area contributed by atoms with Crippen molar-refractivity contribution in [3.05, 3.63) is 0 Å². The van der Waals surface area contributed by atoms with Gasteiger partial charge < -0.3 is 10.8 Å². The van der Waals surface area contributed by atoms with Crippen LogP contribution in [0.5, 0.6) is 0 Å². The highest BCUT2D eigenvalue weighted by molar-refractivity contribution is 5.68. The molecule has 12 heavy (non-hydrogen) atoms. The van der Waals surface area contributed by atoms with Gasteiger partial charge in [0.05, 0.1) is 6.42 Å². The lowest BCUT2D eigenvalue weighted by molar-refractivity contribution is -0.138. The summed E-state index contributed by atoms with van der Waals surface area (Å²) in [6, 6.07) is 0. The molecule has 0 heterocycles. The Morgan fingerprint density at radius 1 is 1.33 bits per heavy atom. The summed E-state index contributed by atoms with van der Waals surface area (Å²) in [5.41, 5.74) is 5.31. The van der Waals surface area contributed by atoms with Crippen LogP contribution in [0.25, 0.3) is 0 Å². The number of aliphatic carboxylic acids is 1. The summed E-state index contributed by atoms with van der Waals surface area (Å²) >= 11 is 0. The quantitative estimate of drug-likeness (QED) is 0.681. The van der Waals surface area contributed by atoms with Crippen molar-refractivity contribution in [1.29, 1.82) is 0 Å². The molecule has 0 saturated heterocycles. The van der Waals surface area contributed by atoms with Gasteiger partial charge in [0.15, 0.2) is 0 Å². The highest BCUT2D eigenvalue weighted by atomic mass is 16.4. The lowest BCUT2D eigenvalue weighted by Crippen LogP contribution is -2.41. The topological polar surface area (TPSA) is 63.3 Å². The Morgan fingerprint density at radius 3 is 2.00 bits per heavy atom. The zero-order valence-corrected chi connectivity index (χ0v) is 8.35. The average Bonchev–Trinajstić information content (AvgIpc) is 1.48. The Labute approximate surface area is 74.0 Å². The van der Waals surface area contributed by atoms with Crippen LogP contribution in [0.4, 0.5) is 0 Å². The van der Waals surface area contributed by atoms with E-state index in [1.165, 1.54) is 0 Å². The normalized spacial score (nSPS) is 17.1. The molecule has 3 nitrogen and oxygen atoms in total. The number of carboxylic acid groups (broad SMARTS) is 1. The summed E-state index contributed by atoms with van der Waals surface area (Å²) in [6.45, 7) is 7.95. The first kappa shape index (κ1) is 11.4.